The zero-order valence-electron chi connectivity index (χ0n) is 10.6. The van der Waals surface area contributed by atoms with Gasteiger partial charge in [0.1, 0.15) is 28.4 Å². The van der Waals surface area contributed by atoms with Crippen molar-refractivity contribution in [3.8, 4) is 17.5 Å². The lowest BCUT2D eigenvalue weighted by Crippen LogP contribution is -2.18. The van der Waals surface area contributed by atoms with E-state index >= 15 is 0 Å². The summed E-state index contributed by atoms with van der Waals surface area (Å²) >= 11 is 7.20. The van der Waals surface area contributed by atoms with E-state index in [1.54, 1.807) is 12.1 Å². The van der Waals surface area contributed by atoms with Gasteiger partial charge in [-0.1, -0.05) is 22.9 Å². The van der Waals surface area contributed by atoms with Gasteiger partial charge in [-0.2, -0.15) is 5.26 Å². The number of nitriles is 1. The van der Waals surface area contributed by atoms with Crippen molar-refractivity contribution in [2.45, 2.75) is 0 Å². The van der Waals surface area contributed by atoms with Crippen molar-refractivity contribution >= 4 is 38.2 Å². The van der Waals surface area contributed by atoms with Crippen LogP contribution in [-0.4, -0.2) is 19.4 Å². The van der Waals surface area contributed by atoms with E-state index in [0.717, 1.165) is 0 Å². The highest BCUT2D eigenvalue weighted by atomic mass is 35.5. The Hall–Kier alpha value is -2.76. The number of nitrogens with zero attached hydrogens (tertiary/aromatic N) is 5. The Balaban J connectivity index is 2.23. The summed E-state index contributed by atoms with van der Waals surface area (Å²) in [7, 11) is 0. The monoisotopic (exact) mass is 329 g/mol. The molecule has 0 unspecified atom stereocenters. The fourth-order valence-corrected chi connectivity index (χ4v) is 3.33. The number of furan rings is 1. The fraction of sp³-hybridized carbons (Fsp3) is 0. The highest BCUT2D eigenvalue weighted by Crippen LogP contribution is 2.29. The van der Waals surface area contributed by atoms with Crippen LogP contribution >= 0.6 is 22.9 Å². The minimum Gasteiger partial charge on any atom is -0.463 e. The van der Waals surface area contributed by atoms with Crippen molar-refractivity contribution in [1.29, 1.82) is 5.26 Å². The molecule has 0 saturated carbocycles. The van der Waals surface area contributed by atoms with Crippen molar-refractivity contribution in [1.82, 2.24) is 19.4 Å². The molecule has 9 heteroatoms. The van der Waals surface area contributed by atoms with Crippen LogP contribution in [-0.2, 0) is 0 Å². The van der Waals surface area contributed by atoms with Crippen molar-refractivity contribution < 1.29 is 4.42 Å². The molecule has 4 heterocycles. The number of fused-ring (bicyclic) bond motifs is 3. The maximum absolute atomic E-state index is 12.6. The standard InChI is InChI=1S/C13H4ClN5O2S/c14-10-9-11(17-5-16-10)19-12(20)6(4-15)8(18-13(19)22-9)7-2-1-3-21-7/h1-3,5H. The third kappa shape index (κ3) is 1.67. The summed E-state index contributed by atoms with van der Waals surface area (Å²) in [4.78, 5) is 25.3. The zero-order chi connectivity index (χ0) is 15.3. The van der Waals surface area contributed by atoms with Gasteiger partial charge >= 0.3 is 0 Å². The predicted octanol–water partition coefficient (Wildman–Crippen LogP) is 2.48. The van der Waals surface area contributed by atoms with Gasteiger partial charge in [-0.05, 0) is 12.1 Å². The van der Waals surface area contributed by atoms with E-state index in [-0.39, 0.29) is 16.4 Å². The summed E-state index contributed by atoms with van der Waals surface area (Å²) in [5.74, 6) is 0.353. The van der Waals surface area contributed by atoms with Gasteiger partial charge in [-0.25, -0.2) is 19.4 Å². The van der Waals surface area contributed by atoms with Crippen molar-refractivity contribution in [3.63, 3.8) is 0 Å². The molecule has 0 aliphatic carbocycles. The number of aromatic nitrogens is 4. The van der Waals surface area contributed by atoms with E-state index in [4.69, 9.17) is 16.0 Å². The molecule has 0 N–H and O–H groups in total. The lowest BCUT2D eigenvalue weighted by molar-refractivity contribution is 0.579. The molecule has 0 aliphatic heterocycles. The lowest BCUT2D eigenvalue weighted by atomic mass is 10.2. The molecule has 106 valence electrons. The summed E-state index contributed by atoms with van der Waals surface area (Å²) in [6, 6.07) is 5.18. The van der Waals surface area contributed by atoms with Gasteiger partial charge in [0, 0.05) is 0 Å². The number of hydrogen-bond acceptors (Lipinski definition) is 7. The maximum Gasteiger partial charge on any atom is 0.278 e. The maximum atomic E-state index is 12.6. The number of thiazole rings is 1. The minimum absolute atomic E-state index is 0.109. The molecule has 0 radical (unpaired) electrons. The largest absolute Gasteiger partial charge is 0.463 e. The molecule has 22 heavy (non-hydrogen) atoms. The van der Waals surface area contributed by atoms with Crippen LogP contribution in [0.15, 0.2) is 33.9 Å². The third-order valence-electron chi connectivity index (χ3n) is 3.07. The summed E-state index contributed by atoms with van der Waals surface area (Å²) in [5, 5.41) is 9.56. The Morgan fingerprint density at radius 2 is 2.27 bits per heavy atom. The van der Waals surface area contributed by atoms with Crippen molar-refractivity contribution in [2.24, 2.45) is 0 Å². The van der Waals surface area contributed by atoms with Crippen LogP contribution in [0.5, 0.6) is 0 Å². The molecule has 0 saturated heterocycles. The molecule has 0 aromatic carbocycles. The second kappa shape index (κ2) is 4.62. The van der Waals surface area contributed by atoms with Crippen LogP contribution in [0.3, 0.4) is 0 Å². The van der Waals surface area contributed by atoms with Gasteiger partial charge in [-0.15, -0.1) is 0 Å². The van der Waals surface area contributed by atoms with Crippen LogP contribution in [0.2, 0.25) is 5.15 Å². The molecular formula is C13H4ClN5O2S. The highest BCUT2D eigenvalue weighted by molar-refractivity contribution is 7.24. The Morgan fingerprint density at radius 3 is 3.00 bits per heavy atom. The van der Waals surface area contributed by atoms with Gasteiger partial charge in [0.2, 0.25) is 0 Å². The van der Waals surface area contributed by atoms with Crippen molar-refractivity contribution in [3.05, 3.63) is 45.8 Å². The molecule has 0 amide bonds. The average Bonchev–Trinajstić information content (AvgIpc) is 3.14. The first-order valence-electron chi connectivity index (χ1n) is 6.00. The third-order valence-corrected chi connectivity index (χ3v) is 4.50. The zero-order valence-corrected chi connectivity index (χ0v) is 12.2. The molecule has 0 aliphatic rings. The molecule has 4 aromatic rings. The summed E-state index contributed by atoms with van der Waals surface area (Å²) < 4.78 is 7.05. The second-order valence-corrected chi connectivity index (χ2v) is 5.60. The van der Waals surface area contributed by atoms with Crippen LogP contribution in [0, 0.1) is 11.3 Å². The van der Waals surface area contributed by atoms with Gasteiger partial charge in [0.25, 0.3) is 5.56 Å². The predicted molar refractivity (Wildman–Crippen MR) is 79.9 cm³/mol. The summed E-state index contributed by atoms with van der Waals surface area (Å²) in [6.45, 7) is 0. The van der Waals surface area contributed by atoms with Gasteiger partial charge < -0.3 is 4.42 Å². The highest BCUT2D eigenvalue weighted by Gasteiger charge is 2.20. The minimum atomic E-state index is -0.514. The summed E-state index contributed by atoms with van der Waals surface area (Å²) in [6.07, 6.45) is 2.71. The molecule has 0 fully saturated rings. The van der Waals surface area contributed by atoms with E-state index in [0.29, 0.717) is 21.1 Å². The van der Waals surface area contributed by atoms with Gasteiger partial charge in [-0.3, -0.25) is 4.79 Å². The first kappa shape index (κ1) is 12.9. The normalized spacial score (nSPS) is 11.1. The average molecular weight is 330 g/mol. The molecule has 7 nitrogen and oxygen atoms in total. The molecule has 0 spiro atoms. The van der Waals surface area contributed by atoms with Crippen LogP contribution in [0.1, 0.15) is 5.56 Å². The van der Waals surface area contributed by atoms with Gasteiger partial charge in [0.15, 0.2) is 21.5 Å². The smallest absolute Gasteiger partial charge is 0.278 e. The Kier molecular flexibility index (Phi) is 2.72. The fourth-order valence-electron chi connectivity index (χ4n) is 2.13. The summed E-state index contributed by atoms with van der Waals surface area (Å²) in [5.41, 5.74) is -0.0880. The van der Waals surface area contributed by atoms with Crippen molar-refractivity contribution in [2.75, 3.05) is 0 Å². The number of hydrogen-bond donors (Lipinski definition) is 0. The SMILES string of the molecule is N#Cc1c(-c2ccco2)nc2sc3c(Cl)ncnc3n2c1=O. The first-order chi connectivity index (χ1) is 10.7. The Labute approximate surface area is 131 Å². The molecule has 0 atom stereocenters. The number of halogens is 1. The van der Waals surface area contributed by atoms with E-state index in [2.05, 4.69) is 15.0 Å². The lowest BCUT2D eigenvalue weighted by Gasteiger charge is -2.00. The van der Waals surface area contributed by atoms with E-state index in [1.165, 1.54) is 28.3 Å². The quantitative estimate of drug-likeness (QED) is 0.498. The molecule has 4 aromatic heterocycles. The Morgan fingerprint density at radius 1 is 1.41 bits per heavy atom. The molecular weight excluding hydrogens is 326 g/mol. The second-order valence-electron chi connectivity index (χ2n) is 4.27. The topological polar surface area (TPSA) is 97.1 Å². The van der Waals surface area contributed by atoms with E-state index in [9.17, 15) is 10.1 Å². The van der Waals surface area contributed by atoms with Gasteiger partial charge in [0.05, 0.1) is 6.26 Å². The molecule has 0 bridgehead atoms. The van der Waals surface area contributed by atoms with E-state index < -0.39 is 5.56 Å². The van der Waals surface area contributed by atoms with E-state index in [1.807, 2.05) is 6.07 Å². The Bertz CT molecular complexity index is 1120. The first-order valence-corrected chi connectivity index (χ1v) is 7.20. The van der Waals surface area contributed by atoms with Crippen LogP contribution in [0.4, 0.5) is 0 Å². The molecule has 4 rings (SSSR count). The van der Waals surface area contributed by atoms with Crippen LogP contribution < -0.4 is 5.56 Å². The van der Waals surface area contributed by atoms with Crippen LogP contribution in [0.25, 0.3) is 26.8 Å². The number of rotatable bonds is 1.